The van der Waals surface area contributed by atoms with Gasteiger partial charge in [0, 0.05) is 35.1 Å². The van der Waals surface area contributed by atoms with Crippen LogP contribution in [0.3, 0.4) is 0 Å². The van der Waals surface area contributed by atoms with Crippen LogP contribution in [0.5, 0.6) is 23.0 Å². The Morgan fingerprint density at radius 1 is 0.595 bits per heavy atom. The second-order valence-electron chi connectivity index (χ2n) is 8.82. The molecule has 6 nitrogen and oxygen atoms in total. The number of carbonyl (C=O) groups is 2. The summed E-state index contributed by atoms with van der Waals surface area (Å²) in [4.78, 5) is 22.5. The summed E-state index contributed by atoms with van der Waals surface area (Å²) in [5.74, 6) is 0.507. The third kappa shape index (κ3) is 4.96. The molecule has 4 aromatic rings. The first-order valence-electron chi connectivity index (χ1n) is 11.5. The molecule has 185 valence electrons. The number of hydrogen-bond acceptors (Lipinski definition) is 6. The molecule has 4 aromatic carbocycles. The van der Waals surface area contributed by atoms with Gasteiger partial charge in [0.25, 0.3) is 0 Å². The van der Waals surface area contributed by atoms with Gasteiger partial charge in [0.05, 0.1) is 11.9 Å². The van der Waals surface area contributed by atoms with Gasteiger partial charge in [-0.05, 0) is 60.4 Å². The summed E-state index contributed by atoms with van der Waals surface area (Å²) in [7, 11) is 0. The van der Waals surface area contributed by atoms with E-state index in [1.807, 2.05) is 60.7 Å². The Balaban J connectivity index is 0.000000168. The molecule has 1 radical (unpaired) electrons. The maximum absolute atomic E-state index is 11.2. The molecule has 2 heterocycles. The molecule has 0 saturated heterocycles. The molecule has 0 fully saturated rings. The van der Waals surface area contributed by atoms with E-state index in [4.69, 9.17) is 9.47 Å². The minimum atomic E-state index is -1.15. The van der Waals surface area contributed by atoms with Crippen LogP contribution in [0.4, 0.5) is 0 Å². The first kappa shape index (κ1) is 26.0. The minimum absolute atomic E-state index is 0. The van der Waals surface area contributed by atoms with Crippen LogP contribution in [0.15, 0.2) is 72.8 Å². The molecule has 0 aliphatic carbocycles. The van der Waals surface area contributed by atoms with E-state index in [0.29, 0.717) is 46.6 Å². The van der Waals surface area contributed by atoms with Crippen LogP contribution in [0, 0.1) is 13.8 Å². The van der Waals surface area contributed by atoms with Crippen molar-refractivity contribution < 1.29 is 46.3 Å². The SMILES string of the molecule is Cc1ccc2c(c1C(=O)[O-])Cc1ccccc1O2.Cc1ccc2c(c1C(=O)[O-])Cc1ccccc1O2.[Mn+2]. The fourth-order valence-corrected chi connectivity index (χ4v) is 4.72. The van der Waals surface area contributed by atoms with Gasteiger partial charge >= 0.3 is 17.1 Å². The maximum atomic E-state index is 11.2. The number of benzene rings is 4. The number of ether oxygens (including phenoxy) is 2. The van der Waals surface area contributed by atoms with E-state index in [2.05, 4.69) is 0 Å². The molecule has 0 N–H and O–H groups in total. The first-order chi connectivity index (χ1) is 17.3. The van der Waals surface area contributed by atoms with Crippen molar-refractivity contribution in [2.75, 3.05) is 0 Å². The third-order valence-corrected chi connectivity index (χ3v) is 6.48. The minimum Gasteiger partial charge on any atom is -0.545 e. The van der Waals surface area contributed by atoms with Crippen LogP contribution >= 0.6 is 0 Å². The van der Waals surface area contributed by atoms with Gasteiger partial charge in [-0.1, -0.05) is 48.5 Å². The van der Waals surface area contributed by atoms with E-state index in [1.165, 1.54) is 0 Å². The Bertz CT molecular complexity index is 1410. The predicted molar refractivity (Wildman–Crippen MR) is 130 cm³/mol. The number of para-hydroxylation sites is 2. The molecule has 0 atom stereocenters. The van der Waals surface area contributed by atoms with Crippen LogP contribution < -0.4 is 19.7 Å². The fraction of sp³-hybridized carbons (Fsp3) is 0.133. The van der Waals surface area contributed by atoms with Crippen LogP contribution in [0.1, 0.15) is 54.1 Å². The number of fused-ring (bicyclic) bond motifs is 4. The number of aromatic carboxylic acids is 2. The summed E-state index contributed by atoms with van der Waals surface area (Å²) in [5.41, 5.74) is 5.32. The molecule has 37 heavy (non-hydrogen) atoms. The van der Waals surface area contributed by atoms with E-state index < -0.39 is 11.9 Å². The van der Waals surface area contributed by atoms with Gasteiger partial charge in [-0.25, -0.2) is 0 Å². The summed E-state index contributed by atoms with van der Waals surface area (Å²) < 4.78 is 11.5. The summed E-state index contributed by atoms with van der Waals surface area (Å²) in [6, 6.07) is 22.4. The molecule has 0 unspecified atom stereocenters. The molecule has 0 amide bonds. The quantitative estimate of drug-likeness (QED) is 0.311. The van der Waals surface area contributed by atoms with Crippen molar-refractivity contribution in [2.45, 2.75) is 26.7 Å². The van der Waals surface area contributed by atoms with E-state index >= 15 is 0 Å². The number of aryl methyl sites for hydroxylation is 2. The van der Waals surface area contributed by atoms with E-state index in [0.717, 1.165) is 22.6 Å². The van der Waals surface area contributed by atoms with Crippen LogP contribution in [-0.2, 0) is 29.9 Å². The van der Waals surface area contributed by atoms with Gasteiger partial charge in [0.15, 0.2) is 0 Å². The van der Waals surface area contributed by atoms with E-state index in [-0.39, 0.29) is 28.2 Å². The molecule has 2 aliphatic rings. The molecule has 2 aliphatic heterocycles. The normalized spacial score (nSPS) is 11.9. The molecule has 7 heteroatoms. The van der Waals surface area contributed by atoms with Crippen LogP contribution in [0.2, 0.25) is 0 Å². The second-order valence-corrected chi connectivity index (χ2v) is 8.82. The fourth-order valence-electron chi connectivity index (χ4n) is 4.72. The Hall–Kier alpha value is -4.06. The molecule has 0 aromatic heterocycles. The van der Waals surface area contributed by atoms with Crippen molar-refractivity contribution in [3.05, 3.63) is 117 Å². The molecule has 0 saturated carbocycles. The number of carboxylic acid groups (broad SMARTS) is 2. The van der Waals surface area contributed by atoms with Crippen molar-refractivity contribution in [3.63, 3.8) is 0 Å². The monoisotopic (exact) mass is 533 g/mol. The summed E-state index contributed by atoms with van der Waals surface area (Å²) in [6.45, 7) is 3.54. The van der Waals surface area contributed by atoms with Crippen molar-refractivity contribution in [1.29, 1.82) is 0 Å². The average molecular weight is 533 g/mol. The third-order valence-electron chi connectivity index (χ3n) is 6.48. The Kier molecular flexibility index (Phi) is 7.39. The number of carboxylic acids is 2. The zero-order chi connectivity index (χ0) is 25.4. The van der Waals surface area contributed by atoms with Gasteiger partial charge in [-0.3, -0.25) is 0 Å². The molecule has 0 spiro atoms. The summed E-state index contributed by atoms with van der Waals surface area (Å²) in [5, 5.41) is 22.5. The Morgan fingerprint density at radius 2 is 0.973 bits per heavy atom. The van der Waals surface area contributed by atoms with Crippen molar-refractivity contribution >= 4 is 11.9 Å². The van der Waals surface area contributed by atoms with Gasteiger partial charge in [0.1, 0.15) is 23.0 Å². The van der Waals surface area contributed by atoms with Crippen LogP contribution in [-0.4, -0.2) is 11.9 Å². The molecule has 6 rings (SSSR count). The number of hydrogen-bond donors (Lipinski definition) is 0. The van der Waals surface area contributed by atoms with Crippen molar-refractivity contribution in [1.82, 2.24) is 0 Å². The predicted octanol–water partition coefficient (Wildman–Crippen LogP) is 4.11. The number of carbonyl (C=O) groups excluding carboxylic acids is 2. The average Bonchev–Trinajstić information content (AvgIpc) is 2.86. The zero-order valence-electron chi connectivity index (χ0n) is 20.2. The second kappa shape index (κ2) is 10.5. The molecular formula is C30H22MnO6. The van der Waals surface area contributed by atoms with Gasteiger partial charge < -0.3 is 29.3 Å². The van der Waals surface area contributed by atoms with E-state index in [9.17, 15) is 19.8 Å². The standard InChI is InChI=1S/2C15H12O3.Mn/c2*1-9-6-7-13-11(14(9)15(16)17)8-10-4-2-3-5-12(10)18-13;/h2*2-7H,8H2,1H3,(H,16,17);/q;;+2/p-2. The van der Waals surface area contributed by atoms with Crippen molar-refractivity contribution in [3.8, 4) is 23.0 Å². The van der Waals surface area contributed by atoms with Crippen molar-refractivity contribution in [2.24, 2.45) is 0 Å². The van der Waals surface area contributed by atoms with E-state index in [1.54, 1.807) is 26.0 Å². The van der Waals surface area contributed by atoms with Gasteiger partial charge in [0.2, 0.25) is 0 Å². The number of rotatable bonds is 2. The largest absolute Gasteiger partial charge is 2.00 e. The summed E-state index contributed by atoms with van der Waals surface area (Å²) in [6.07, 6.45) is 1.13. The topological polar surface area (TPSA) is 98.7 Å². The molecular weight excluding hydrogens is 511 g/mol. The molecule has 0 bridgehead atoms. The maximum Gasteiger partial charge on any atom is 2.00 e. The van der Waals surface area contributed by atoms with Gasteiger partial charge in [-0.2, -0.15) is 0 Å². The zero-order valence-corrected chi connectivity index (χ0v) is 21.4. The smallest absolute Gasteiger partial charge is 0.545 e. The first-order valence-corrected chi connectivity index (χ1v) is 11.5. The summed E-state index contributed by atoms with van der Waals surface area (Å²) >= 11 is 0. The Labute approximate surface area is 225 Å². The van der Waals surface area contributed by atoms with Gasteiger partial charge in [-0.15, -0.1) is 0 Å². The Morgan fingerprint density at radius 3 is 1.35 bits per heavy atom. The van der Waals surface area contributed by atoms with Crippen LogP contribution in [0.25, 0.3) is 0 Å².